The predicted octanol–water partition coefficient (Wildman–Crippen LogP) is 6.28. The molecule has 3 aromatic carbocycles. The summed E-state index contributed by atoms with van der Waals surface area (Å²) in [6.45, 7) is 8.55. The predicted molar refractivity (Wildman–Crippen MR) is 165 cm³/mol. The van der Waals surface area contributed by atoms with E-state index < -0.39 is 0 Å². The molecule has 0 spiro atoms. The fraction of sp³-hybridized carbons (Fsp3) is 0.303. The molecular formula is C33H37N5OS. The quantitative estimate of drug-likeness (QED) is 0.172. The van der Waals surface area contributed by atoms with Crippen molar-refractivity contribution in [2.45, 2.75) is 31.8 Å². The summed E-state index contributed by atoms with van der Waals surface area (Å²) in [7, 11) is 0. The highest BCUT2D eigenvalue weighted by atomic mass is 32.2. The Morgan fingerprint density at radius 3 is 2.35 bits per heavy atom. The van der Waals surface area contributed by atoms with E-state index in [0.717, 1.165) is 67.1 Å². The van der Waals surface area contributed by atoms with Gasteiger partial charge in [0.05, 0.1) is 5.69 Å². The number of piperazine rings is 1. The number of para-hydroxylation sites is 1. The largest absolute Gasteiger partial charge is 0.340 e. The van der Waals surface area contributed by atoms with Crippen LogP contribution >= 0.6 is 11.8 Å². The number of amides is 1. The van der Waals surface area contributed by atoms with E-state index in [9.17, 15) is 4.79 Å². The third-order valence-corrected chi connectivity index (χ3v) is 8.28. The van der Waals surface area contributed by atoms with Crippen molar-refractivity contribution in [1.82, 2.24) is 24.6 Å². The summed E-state index contributed by atoms with van der Waals surface area (Å²) in [5, 5.41) is 9.99. The van der Waals surface area contributed by atoms with E-state index in [1.165, 1.54) is 16.7 Å². The fourth-order valence-electron chi connectivity index (χ4n) is 4.91. The molecule has 1 fully saturated rings. The zero-order valence-corrected chi connectivity index (χ0v) is 24.2. The normalized spacial score (nSPS) is 14.2. The van der Waals surface area contributed by atoms with Gasteiger partial charge in [0.15, 0.2) is 11.0 Å². The molecule has 4 aromatic rings. The highest BCUT2D eigenvalue weighted by Gasteiger charge is 2.21. The van der Waals surface area contributed by atoms with Gasteiger partial charge in [-0.2, -0.15) is 0 Å². The van der Waals surface area contributed by atoms with Crippen molar-refractivity contribution in [1.29, 1.82) is 0 Å². The Labute approximate surface area is 241 Å². The number of carbonyl (C=O) groups excluding carboxylic acids is 1. The molecule has 1 saturated heterocycles. The number of hydrogen-bond acceptors (Lipinski definition) is 5. The highest BCUT2D eigenvalue weighted by Crippen LogP contribution is 2.30. The average molecular weight is 552 g/mol. The van der Waals surface area contributed by atoms with Crippen LogP contribution in [0.15, 0.2) is 90.1 Å². The zero-order chi connectivity index (χ0) is 27.7. The lowest BCUT2D eigenvalue weighted by Crippen LogP contribution is -2.48. The summed E-state index contributed by atoms with van der Waals surface area (Å²) in [6, 6.07) is 27.1. The van der Waals surface area contributed by atoms with E-state index in [1.54, 1.807) is 11.8 Å². The van der Waals surface area contributed by atoms with E-state index >= 15 is 0 Å². The lowest BCUT2D eigenvalue weighted by Gasteiger charge is -2.34. The zero-order valence-electron chi connectivity index (χ0n) is 23.4. The average Bonchev–Trinajstić information content (AvgIpc) is 3.40. The van der Waals surface area contributed by atoms with E-state index in [4.69, 9.17) is 0 Å². The van der Waals surface area contributed by atoms with Crippen molar-refractivity contribution in [3.05, 3.63) is 102 Å². The Morgan fingerprint density at radius 2 is 1.60 bits per heavy atom. The van der Waals surface area contributed by atoms with Crippen LogP contribution in [-0.2, 0) is 4.79 Å². The molecule has 1 aromatic heterocycles. The van der Waals surface area contributed by atoms with E-state index in [-0.39, 0.29) is 5.91 Å². The minimum atomic E-state index is 0.251. The molecule has 6 nitrogen and oxygen atoms in total. The van der Waals surface area contributed by atoms with Crippen LogP contribution in [0.3, 0.4) is 0 Å². The number of hydrogen-bond donors (Lipinski definition) is 0. The first-order valence-electron chi connectivity index (χ1n) is 14.0. The summed E-state index contributed by atoms with van der Waals surface area (Å²) < 4.78 is 2.15. The summed E-state index contributed by atoms with van der Waals surface area (Å²) in [5.41, 5.74) is 5.72. The van der Waals surface area contributed by atoms with E-state index in [2.05, 4.69) is 112 Å². The minimum Gasteiger partial charge on any atom is -0.340 e. The van der Waals surface area contributed by atoms with E-state index in [1.807, 2.05) is 17.0 Å². The van der Waals surface area contributed by atoms with E-state index in [0.29, 0.717) is 6.42 Å². The van der Waals surface area contributed by atoms with Gasteiger partial charge in [0.25, 0.3) is 0 Å². The van der Waals surface area contributed by atoms with Gasteiger partial charge in [0.2, 0.25) is 5.91 Å². The van der Waals surface area contributed by atoms with Gasteiger partial charge in [0.1, 0.15) is 0 Å². The second kappa shape index (κ2) is 13.6. The Hall–Kier alpha value is -3.68. The first kappa shape index (κ1) is 27.9. The Morgan fingerprint density at radius 1 is 0.875 bits per heavy atom. The summed E-state index contributed by atoms with van der Waals surface area (Å²) in [4.78, 5) is 17.3. The first-order valence-corrected chi connectivity index (χ1v) is 15.0. The number of carbonyl (C=O) groups is 1. The molecule has 0 radical (unpaired) electrons. The first-order chi connectivity index (χ1) is 19.6. The number of aryl methyl sites for hydroxylation is 2. The smallest absolute Gasteiger partial charge is 0.222 e. The number of aromatic nitrogens is 3. The van der Waals surface area contributed by atoms with Crippen LogP contribution in [0.4, 0.5) is 0 Å². The Balaban J connectivity index is 1.13. The molecule has 2 heterocycles. The number of rotatable bonds is 10. The maximum Gasteiger partial charge on any atom is 0.222 e. The highest BCUT2D eigenvalue weighted by molar-refractivity contribution is 7.99. The molecular weight excluding hydrogens is 514 g/mol. The lowest BCUT2D eigenvalue weighted by atomic mass is 10.1. The molecule has 0 aliphatic carbocycles. The third-order valence-electron chi connectivity index (χ3n) is 7.26. The molecule has 5 rings (SSSR count). The molecule has 7 heteroatoms. The Bertz CT molecular complexity index is 1420. The number of thioether (sulfide) groups is 1. The Kier molecular flexibility index (Phi) is 9.47. The molecule has 206 valence electrons. The van der Waals surface area contributed by atoms with Gasteiger partial charge in [-0.25, -0.2) is 0 Å². The molecule has 1 aliphatic heterocycles. The molecule has 1 aliphatic rings. The molecule has 1 amide bonds. The second-order valence-electron chi connectivity index (χ2n) is 10.2. The van der Waals surface area contributed by atoms with Crippen LogP contribution < -0.4 is 0 Å². The van der Waals surface area contributed by atoms with Gasteiger partial charge in [-0.3, -0.25) is 14.3 Å². The van der Waals surface area contributed by atoms with Gasteiger partial charge in [-0.05, 0) is 37.5 Å². The SMILES string of the molecule is Cc1ccc(-c2nnc(SCCCC(=O)N3CCN(CC=Cc4ccccc4)CC3)n2-c2ccccc2C)cc1. The maximum absolute atomic E-state index is 12.9. The lowest BCUT2D eigenvalue weighted by molar-refractivity contribution is -0.132. The minimum absolute atomic E-state index is 0.251. The maximum atomic E-state index is 12.9. The molecule has 0 saturated carbocycles. The van der Waals surface area contributed by atoms with Gasteiger partial charge in [0, 0.05) is 50.5 Å². The summed E-state index contributed by atoms with van der Waals surface area (Å²) >= 11 is 1.67. The summed E-state index contributed by atoms with van der Waals surface area (Å²) in [6.07, 6.45) is 5.75. The van der Waals surface area contributed by atoms with Gasteiger partial charge >= 0.3 is 0 Å². The van der Waals surface area contributed by atoms with Crippen LogP contribution in [0.2, 0.25) is 0 Å². The molecule has 0 bridgehead atoms. The molecule has 40 heavy (non-hydrogen) atoms. The van der Waals surface area contributed by atoms with Crippen LogP contribution in [0.5, 0.6) is 0 Å². The van der Waals surface area contributed by atoms with Crippen LogP contribution in [-0.4, -0.2) is 68.9 Å². The van der Waals surface area contributed by atoms with Gasteiger partial charge in [-0.1, -0.05) is 102 Å². The van der Waals surface area contributed by atoms with Crippen LogP contribution in [0, 0.1) is 13.8 Å². The monoisotopic (exact) mass is 551 g/mol. The molecule has 0 unspecified atom stereocenters. The van der Waals surface area contributed by atoms with Crippen LogP contribution in [0.25, 0.3) is 23.2 Å². The van der Waals surface area contributed by atoms with Crippen molar-refractivity contribution in [2.24, 2.45) is 0 Å². The fourth-order valence-corrected chi connectivity index (χ4v) is 5.80. The van der Waals surface area contributed by atoms with Crippen molar-refractivity contribution >= 4 is 23.7 Å². The topological polar surface area (TPSA) is 54.3 Å². The standard InChI is InChI=1S/C33H37N5OS/c1-26-16-18-29(19-17-26)32-34-35-33(38(32)30-14-7-6-10-27(30)2)40-25-9-15-31(39)37-23-21-36(22-24-37)20-8-13-28-11-4-3-5-12-28/h3-8,10-14,16-19H,9,15,20-25H2,1-2H3. The van der Waals surface area contributed by atoms with Gasteiger partial charge in [-0.15, -0.1) is 10.2 Å². The van der Waals surface area contributed by atoms with Crippen molar-refractivity contribution in [3.8, 4) is 17.1 Å². The van der Waals surface area contributed by atoms with Crippen LogP contribution in [0.1, 0.15) is 29.5 Å². The summed E-state index contributed by atoms with van der Waals surface area (Å²) in [5.74, 6) is 1.90. The van der Waals surface area contributed by atoms with Gasteiger partial charge < -0.3 is 4.90 Å². The van der Waals surface area contributed by atoms with Crippen molar-refractivity contribution in [2.75, 3.05) is 38.5 Å². The number of nitrogens with zero attached hydrogens (tertiary/aromatic N) is 5. The second-order valence-corrected chi connectivity index (χ2v) is 11.3. The van der Waals surface area contributed by atoms with Crippen molar-refractivity contribution in [3.63, 3.8) is 0 Å². The molecule has 0 N–H and O–H groups in total. The third kappa shape index (κ3) is 7.09. The molecule has 0 atom stereocenters. The number of benzene rings is 3. The van der Waals surface area contributed by atoms with Crippen molar-refractivity contribution < 1.29 is 4.79 Å².